The molecule has 0 atom stereocenters. The first-order valence-electron chi connectivity index (χ1n) is 9.09. The second-order valence-corrected chi connectivity index (χ2v) is 5.97. The van der Waals surface area contributed by atoms with Crippen LogP contribution in [0, 0.1) is 0 Å². The number of oxime groups is 1. The van der Waals surface area contributed by atoms with E-state index in [0.717, 1.165) is 28.1 Å². The molecule has 0 aromatic heterocycles. The standard InChI is InChI=1S/C23H22N2O3/c1-2-27-20-14-12-18(13-15-20)16-24-28-17-23(26)25-22-11-7-6-10-21(22)19-8-4-3-5-9-19/h3-16H,2,17H2,1H3,(H,25,26)/b24-16+. The van der Waals surface area contributed by atoms with Gasteiger partial charge in [0, 0.05) is 11.3 Å². The number of para-hydroxylation sites is 1. The summed E-state index contributed by atoms with van der Waals surface area (Å²) in [6.07, 6.45) is 1.56. The smallest absolute Gasteiger partial charge is 0.265 e. The summed E-state index contributed by atoms with van der Waals surface area (Å²) in [5.41, 5.74) is 3.58. The van der Waals surface area contributed by atoms with E-state index in [4.69, 9.17) is 9.57 Å². The van der Waals surface area contributed by atoms with Gasteiger partial charge in [0.05, 0.1) is 12.8 Å². The summed E-state index contributed by atoms with van der Waals surface area (Å²) in [5.74, 6) is 0.532. The molecule has 0 aliphatic rings. The lowest BCUT2D eigenvalue weighted by atomic mass is 10.0. The zero-order chi connectivity index (χ0) is 19.6. The number of ether oxygens (including phenoxy) is 1. The number of benzene rings is 3. The van der Waals surface area contributed by atoms with E-state index in [1.54, 1.807) is 6.21 Å². The molecule has 0 unspecified atom stereocenters. The summed E-state index contributed by atoms with van der Waals surface area (Å²) >= 11 is 0. The van der Waals surface area contributed by atoms with E-state index in [0.29, 0.717) is 6.61 Å². The number of carbonyl (C=O) groups is 1. The van der Waals surface area contributed by atoms with E-state index in [1.807, 2.05) is 85.8 Å². The van der Waals surface area contributed by atoms with Crippen LogP contribution in [-0.2, 0) is 9.63 Å². The lowest BCUT2D eigenvalue weighted by Crippen LogP contribution is -2.17. The number of hydrogen-bond donors (Lipinski definition) is 1. The van der Waals surface area contributed by atoms with Gasteiger partial charge in [0.2, 0.25) is 0 Å². The highest BCUT2D eigenvalue weighted by molar-refractivity contribution is 5.96. The van der Waals surface area contributed by atoms with Crippen molar-refractivity contribution >= 4 is 17.8 Å². The Kier molecular flexibility index (Phi) is 6.79. The van der Waals surface area contributed by atoms with Gasteiger partial charge in [0.25, 0.3) is 5.91 Å². The van der Waals surface area contributed by atoms with E-state index < -0.39 is 0 Å². The van der Waals surface area contributed by atoms with Crippen molar-refractivity contribution in [3.63, 3.8) is 0 Å². The molecule has 0 fully saturated rings. The van der Waals surface area contributed by atoms with E-state index >= 15 is 0 Å². The van der Waals surface area contributed by atoms with Crippen LogP contribution in [-0.4, -0.2) is 25.3 Å². The summed E-state index contributed by atoms with van der Waals surface area (Å²) in [4.78, 5) is 17.3. The van der Waals surface area contributed by atoms with Gasteiger partial charge in [-0.1, -0.05) is 53.7 Å². The number of nitrogens with one attached hydrogen (secondary N) is 1. The van der Waals surface area contributed by atoms with Crippen LogP contribution in [0.4, 0.5) is 5.69 Å². The molecule has 0 radical (unpaired) electrons. The first kappa shape index (κ1) is 19.2. The van der Waals surface area contributed by atoms with Crippen LogP contribution >= 0.6 is 0 Å². The maximum absolute atomic E-state index is 12.2. The largest absolute Gasteiger partial charge is 0.494 e. The number of anilines is 1. The lowest BCUT2D eigenvalue weighted by molar-refractivity contribution is -0.120. The van der Waals surface area contributed by atoms with E-state index in [-0.39, 0.29) is 12.5 Å². The molecule has 0 aliphatic carbocycles. The second-order valence-electron chi connectivity index (χ2n) is 5.97. The predicted octanol–water partition coefficient (Wildman–Crippen LogP) is 4.74. The number of hydrogen-bond acceptors (Lipinski definition) is 4. The minimum atomic E-state index is -0.271. The van der Waals surface area contributed by atoms with Gasteiger partial charge >= 0.3 is 0 Å². The molecular formula is C23H22N2O3. The van der Waals surface area contributed by atoms with Crippen molar-refractivity contribution in [1.82, 2.24) is 0 Å². The number of rotatable bonds is 8. The van der Waals surface area contributed by atoms with Crippen LogP contribution in [0.25, 0.3) is 11.1 Å². The predicted molar refractivity (Wildman–Crippen MR) is 112 cm³/mol. The monoisotopic (exact) mass is 374 g/mol. The zero-order valence-corrected chi connectivity index (χ0v) is 15.7. The Labute approximate surface area is 164 Å². The van der Waals surface area contributed by atoms with Crippen molar-refractivity contribution in [2.45, 2.75) is 6.92 Å². The SMILES string of the molecule is CCOc1ccc(/C=N/OCC(=O)Nc2ccccc2-c2ccccc2)cc1. The molecule has 3 aromatic carbocycles. The van der Waals surface area contributed by atoms with Crippen LogP contribution in [0.15, 0.2) is 84.0 Å². The highest BCUT2D eigenvalue weighted by Crippen LogP contribution is 2.27. The van der Waals surface area contributed by atoms with Crippen LogP contribution in [0.3, 0.4) is 0 Å². The summed E-state index contributed by atoms with van der Waals surface area (Å²) in [5, 5.41) is 6.73. The van der Waals surface area contributed by atoms with Crippen LogP contribution in [0.2, 0.25) is 0 Å². The van der Waals surface area contributed by atoms with Gasteiger partial charge in [-0.05, 0) is 48.4 Å². The van der Waals surface area contributed by atoms with Gasteiger partial charge in [-0.15, -0.1) is 0 Å². The topological polar surface area (TPSA) is 59.9 Å². The molecule has 0 saturated carbocycles. The quantitative estimate of drug-likeness (QED) is 0.458. The Bertz CT molecular complexity index is 922. The molecule has 1 amide bonds. The minimum absolute atomic E-state index is 0.170. The molecule has 5 nitrogen and oxygen atoms in total. The molecule has 0 heterocycles. The number of nitrogens with zero attached hydrogens (tertiary/aromatic N) is 1. The van der Waals surface area contributed by atoms with Crippen molar-refractivity contribution < 1.29 is 14.4 Å². The van der Waals surface area contributed by atoms with Gasteiger partial charge in [-0.25, -0.2) is 0 Å². The number of carbonyl (C=O) groups excluding carboxylic acids is 1. The Morgan fingerprint density at radius 2 is 1.68 bits per heavy atom. The summed E-state index contributed by atoms with van der Waals surface area (Å²) in [6, 6.07) is 25.0. The van der Waals surface area contributed by atoms with Gasteiger partial charge < -0.3 is 14.9 Å². The highest BCUT2D eigenvalue weighted by atomic mass is 16.6. The fourth-order valence-corrected chi connectivity index (χ4v) is 2.66. The Morgan fingerprint density at radius 1 is 0.964 bits per heavy atom. The van der Waals surface area contributed by atoms with Crippen molar-refractivity contribution in [2.24, 2.45) is 5.16 Å². The summed E-state index contributed by atoms with van der Waals surface area (Å²) in [7, 11) is 0. The molecule has 142 valence electrons. The van der Waals surface area contributed by atoms with E-state index in [2.05, 4.69) is 10.5 Å². The summed E-state index contributed by atoms with van der Waals surface area (Å²) < 4.78 is 5.39. The maximum Gasteiger partial charge on any atom is 0.265 e. The third-order valence-electron chi connectivity index (χ3n) is 3.95. The van der Waals surface area contributed by atoms with Crippen LogP contribution in [0.5, 0.6) is 5.75 Å². The van der Waals surface area contributed by atoms with Gasteiger partial charge in [0.1, 0.15) is 5.75 Å². The van der Waals surface area contributed by atoms with Crippen molar-refractivity contribution in [1.29, 1.82) is 0 Å². The fraction of sp³-hybridized carbons (Fsp3) is 0.130. The maximum atomic E-state index is 12.2. The molecule has 0 aliphatic heterocycles. The van der Waals surface area contributed by atoms with Gasteiger partial charge in [-0.3, -0.25) is 4.79 Å². The van der Waals surface area contributed by atoms with E-state index in [9.17, 15) is 4.79 Å². The molecular weight excluding hydrogens is 352 g/mol. The third kappa shape index (κ3) is 5.45. The normalized spacial score (nSPS) is 10.6. The van der Waals surface area contributed by atoms with Crippen molar-refractivity contribution in [3.05, 3.63) is 84.4 Å². The molecule has 3 rings (SSSR count). The minimum Gasteiger partial charge on any atom is -0.494 e. The highest BCUT2D eigenvalue weighted by Gasteiger charge is 2.08. The second kappa shape index (κ2) is 9.92. The van der Waals surface area contributed by atoms with Crippen molar-refractivity contribution in [2.75, 3.05) is 18.5 Å². The molecule has 0 saturated heterocycles. The first-order valence-corrected chi connectivity index (χ1v) is 9.09. The Balaban J connectivity index is 1.54. The lowest BCUT2D eigenvalue weighted by Gasteiger charge is -2.10. The van der Waals surface area contributed by atoms with E-state index in [1.165, 1.54) is 0 Å². The molecule has 0 spiro atoms. The summed E-state index contributed by atoms with van der Waals surface area (Å²) in [6.45, 7) is 2.39. The van der Waals surface area contributed by atoms with Gasteiger partial charge in [0.15, 0.2) is 6.61 Å². The van der Waals surface area contributed by atoms with Crippen LogP contribution < -0.4 is 10.1 Å². The molecule has 28 heavy (non-hydrogen) atoms. The third-order valence-corrected chi connectivity index (χ3v) is 3.95. The average Bonchev–Trinajstić information content (AvgIpc) is 2.74. The average molecular weight is 374 g/mol. The molecule has 1 N–H and O–H groups in total. The molecule has 5 heteroatoms. The number of amides is 1. The fourth-order valence-electron chi connectivity index (χ4n) is 2.66. The Hall–Kier alpha value is -3.60. The van der Waals surface area contributed by atoms with Crippen molar-refractivity contribution in [3.8, 4) is 16.9 Å². The molecule has 3 aromatic rings. The Morgan fingerprint density at radius 3 is 2.43 bits per heavy atom. The van der Waals surface area contributed by atoms with Crippen LogP contribution in [0.1, 0.15) is 12.5 Å². The zero-order valence-electron chi connectivity index (χ0n) is 15.7. The first-order chi connectivity index (χ1) is 13.8. The van der Waals surface area contributed by atoms with Gasteiger partial charge in [-0.2, -0.15) is 0 Å². The molecule has 0 bridgehead atoms.